The van der Waals surface area contributed by atoms with Crippen molar-refractivity contribution in [3.05, 3.63) is 0 Å². The van der Waals surface area contributed by atoms with E-state index in [-0.39, 0.29) is 18.4 Å². The van der Waals surface area contributed by atoms with Crippen molar-refractivity contribution in [3.8, 4) is 12.3 Å². The summed E-state index contributed by atoms with van der Waals surface area (Å²) in [4.78, 5) is 22.7. The van der Waals surface area contributed by atoms with Gasteiger partial charge in [-0.05, 0) is 5.92 Å². The van der Waals surface area contributed by atoms with Gasteiger partial charge in [-0.2, -0.15) is 0 Å². The molecule has 0 aromatic heterocycles. The Morgan fingerprint density at radius 3 is 2.50 bits per heavy atom. The Kier molecular flexibility index (Phi) is 6.97. The zero-order valence-corrected chi connectivity index (χ0v) is 9.87. The van der Waals surface area contributed by atoms with E-state index in [1.165, 1.54) is 7.11 Å². The molecule has 1 atom stereocenters. The van der Waals surface area contributed by atoms with E-state index in [4.69, 9.17) is 6.42 Å². The maximum Gasteiger partial charge on any atom is 0.328 e. The summed E-state index contributed by atoms with van der Waals surface area (Å²) >= 11 is 0. The van der Waals surface area contributed by atoms with Crippen molar-refractivity contribution >= 4 is 11.9 Å². The highest BCUT2D eigenvalue weighted by atomic mass is 16.5. The Balaban J connectivity index is 4.15. The van der Waals surface area contributed by atoms with E-state index in [0.717, 1.165) is 0 Å². The van der Waals surface area contributed by atoms with Crippen molar-refractivity contribution < 1.29 is 14.3 Å². The van der Waals surface area contributed by atoms with Crippen LogP contribution in [0.2, 0.25) is 0 Å². The highest BCUT2D eigenvalue weighted by Gasteiger charge is 2.24. The van der Waals surface area contributed by atoms with E-state index >= 15 is 0 Å². The molecule has 0 aromatic rings. The zero-order chi connectivity index (χ0) is 12.6. The molecule has 0 aliphatic heterocycles. The van der Waals surface area contributed by atoms with Crippen LogP contribution in [0.3, 0.4) is 0 Å². The zero-order valence-electron chi connectivity index (χ0n) is 9.87. The van der Waals surface area contributed by atoms with E-state index in [1.54, 1.807) is 0 Å². The third-order valence-electron chi connectivity index (χ3n) is 1.95. The summed E-state index contributed by atoms with van der Waals surface area (Å²) in [5.41, 5.74) is 0. The standard InChI is InChI=1S/C11H18N2O3/c1-5-6-12-7-9(14)13-10(8(2)3)11(15)16-4/h1,8,10,12H,6-7H2,2-4H3,(H,13,14)/t10-/m0/s1. The van der Waals surface area contributed by atoms with Crippen molar-refractivity contribution in [1.82, 2.24) is 10.6 Å². The normalized spacial score (nSPS) is 11.7. The molecule has 90 valence electrons. The second-order valence-corrected chi connectivity index (χ2v) is 3.62. The monoisotopic (exact) mass is 226 g/mol. The van der Waals surface area contributed by atoms with Crippen molar-refractivity contribution in [1.29, 1.82) is 0 Å². The van der Waals surface area contributed by atoms with Gasteiger partial charge in [-0.3, -0.25) is 10.1 Å². The van der Waals surface area contributed by atoms with Gasteiger partial charge in [-0.1, -0.05) is 19.8 Å². The summed E-state index contributed by atoms with van der Waals surface area (Å²) < 4.78 is 4.59. The van der Waals surface area contributed by atoms with Gasteiger partial charge in [-0.15, -0.1) is 6.42 Å². The van der Waals surface area contributed by atoms with Gasteiger partial charge >= 0.3 is 5.97 Å². The van der Waals surface area contributed by atoms with Crippen LogP contribution in [0.1, 0.15) is 13.8 Å². The van der Waals surface area contributed by atoms with Gasteiger partial charge in [0.15, 0.2) is 0 Å². The van der Waals surface area contributed by atoms with Crippen LogP contribution in [0, 0.1) is 18.3 Å². The topological polar surface area (TPSA) is 67.4 Å². The van der Waals surface area contributed by atoms with Gasteiger partial charge in [0.05, 0.1) is 20.2 Å². The van der Waals surface area contributed by atoms with E-state index in [0.29, 0.717) is 6.54 Å². The molecule has 0 saturated heterocycles. The van der Waals surface area contributed by atoms with Crippen LogP contribution in [-0.2, 0) is 14.3 Å². The number of esters is 1. The average molecular weight is 226 g/mol. The second-order valence-electron chi connectivity index (χ2n) is 3.62. The van der Waals surface area contributed by atoms with Crippen LogP contribution >= 0.6 is 0 Å². The van der Waals surface area contributed by atoms with Crippen LogP contribution in [0.4, 0.5) is 0 Å². The molecule has 16 heavy (non-hydrogen) atoms. The number of hydrogen-bond donors (Lipinski definition) is 2. The molecule has 0 heterocycles. The fraction of sp³-hybridized carbons (Fsp3) is 0.636. The third kappa shape index (κ3) is 5.37. The fourth-order valence-corrected chi connectivity index (χ4v) is 1.10. The maximum atomic E-state index is 11.4. The largest absolute Gasteiger partial charge is 0.467 e. The number of methoxy groups -OCH3 is 1. The maximum absolute atomic E-state index is 11.4. The molecule has 0 aliphatic carbocycles. The predicted molar refractivity (Wildman–Crippen MR) is 60.5 cm³/mol. The molecular weight excluding hydrogens is 208 g/mol. The molecule has 0 aliphatic rings. The fourth-order valence-electron chi connectivity index (χ4n) is 1.10. The van der Waals surface area contributed by atoms with Crippen LogP contribution in [0.25, 0.3) is 0 Å². The lowest BCUT2D eigenvalue weighted by Crippen LogP contribution is -2.47. The highest BCUT2D eigenvalue weighted by molar-refractivity contribution is 5.85. The first-order valence-corrected chi connectivity index (χ1v) is 5.04. The SMILES string of the molecule is C#CCNCC(=O)N[C@H](C(=O)OC)C(C)C. The van der Waals surface area contributed by atoms with E-state index in [9.17, 15) is 9.59 Å². The lowest BCUT2D eigenvalue weighted by Gasteiger charge is -2.19. The van der Waals surface area contributed by atoms with Crippen molar-refractivity contribution in [2.75, 3.05) is 20.2 Å². The number of hydrogen-bond acceptors (Lipinski definition) is 4. The smallest absolute Gasteiger partial charge is 0.328 e. The highest BCUT2D eigenvalue weighted by Crippen LogP contribution is 2.02. The molecule has 0 rings (SSSR count). The first-order chi connectivity index (χ1) is 7.52. The quantitative estimate of drug-likeness (QED) is 0.365. The minimum Gasteiger partial charge on any atom is -0.467 e. The summed E-state index contributed by atoms with van der Waals surface area (Å²) in [7, 11) is 1.29. The minimum atomic E-state index is -0.620. The van der Waals surface area contributed by atoms with Gasteiger partial charge in [0.2, 0.25) is 5.91 Å². The van der Waals surface area contributed by atoms with E-state index in [1.807, 2.05) is 13.8 Å². The van der Waals surface area contributed by atoms with Crippen LogP contribution in [0.5, 0.6) is 0 Å². The summed E-state index contributed by atoms with van der Waals surface area (Å²) in [6.07, 6.45) is 5.02. The van der Waals surface area contributed by atoms with Crippen LogP contribution in [-0.4, -0.2) is 38.1 Å². The number of amides is 1. The molecule has 1 amide bonds. The molecule has 5 nitrogen and oxygen atoms in total. The van der Waals surface area contributed by atoms with Crippen molar-refractivity contribution in [2.24, 2.45) is 5.92 Å². The number of nitrogens with one attached hydrogen (secondary N) is 2. The van der Waals surface area contributed by atoms with E-state index < -0.39 is 12.0 Å². The Bertz CT molecular complexity index is 281. The number of ether oxygens (including phenoxy) is 1. The number of carbonyl (C=O) groups excluding carboxylic acids is 2. The molecule has 0 spiro atoms. The number of carbonyl (C=O) groups is 2. The van der Waals surface area contributed by atoms with Crippen molar-refractivity contribution in [2.45, 2.75) is 19.9 Å². The summed E-state index contributed by atoms with van der Waals surface area (Å²) in [5, 5.41) is 5.32. The summed E-state index contributed by atoms with van der Waals surface area (Å²) in [6, 6.07) is -0.620. The molecule has 0 radical (unpaired) electrons. The Hall–Kier alpha value is -1.54. The van der Waals surface area contributed by atoms with Gasteiger partial charge in [0, 0.05) is 0 Å². The first kappa shape index (κ1) is 14.5. The molecular formula is C11H18N2O3. The van der Waals surface area contributed by atoms with E-state index in [2.05, 4.69) is 21.3 Å². The Labute approximate surface area is 95.9 Å². The minimum absolute atomic E-state index is 0.0240. The first-order valence-electron chi connectivity index (χ1n) is 5.04. The molecule has 0 bridgehead atoms. The Morgan fingerprint density at radius 2 is 2.06 bits per heavy atom. The van der Waals surface area contributed by atoms with Gasteiger partial charge < -0.3 is 10.1 Å². The molecule has 0 unspecified atom stereocenters. The molecule has 2 N–H and O–H groups in total. The van der Waals surface area contributed by atoms with Crippen LogP contribution < -0.4 is 10.6 Å². The van der Waals surface area contributed by atoms with Crippen molar-refractivity contribution in [3.63, 3.8) is 0 Å². The summed E-state index contributed by atoms with van der Waals surface area (Å²) in [6.45, 7) is 4.07. The van der Waals surface area contributed by atoms with Gasteiger partial charge in [0.25, 0.3) is 0 Å². The third-order valence-corrected chi connectivity index (χ3v) is 1.95. The molecule has 0 fully saturated rings. The Morgan fingerprint density at radius 1 is 1.44 bits per heavy atom. The molecule has 0 saturated carbocycles. The number of terminal acetylenes is 1. The van der Waals surface area contributed by atoms with Gasteiger partial charge in [0.1, 0.15) is 6.04 Å². The lowest BCUT2D eigenvalue weighted by molar-refractivity contribution is -0.146. The lowest BCUT2D eigenvalue weighted by atomic mass is 10.0. The predicted octanol–water partition coefficient (Wildman–Crippen LogP) is -0.477. The number of rotatable bonds is 6. The van der Waals surface area contributed by atoms with Crippen LogP contribution in [0.15, 0.2) is 0 Å². The van der Waals surface area contributed by atoms with Gasteiger partial charge in [-0.25, -0.2) is 4.79 Å². The molecule has 0 aromatic carbocycles. The summed E-state index contributed by atoms with van der Waals surface area (Å²) in [5.74, 6) is 1.60. The molecule has 5 heteroatoms. The second kappa shape index (κ2) is 7.71. The average Bonchev–Trinajstić information content (AvgIpc) is 2.25.